The molecule has 0 saturated heterocycles. The van der Waals surface area contributed by atoms with Crippen LogP contribution >= 0.6 is 0 Å². The molecule has 0 bridgehead atoms. The van der Waals surface area contributed by atoms with E-state index in [1.165, 1.54) is 0 Å². The predicted molar refractivity (Wildman–Crippen MR) is 79.2 cm³/mol. The van der Waals surface area contributed by atoms with Crippen molar-refractivity contribution in [3.8, 4) is 17.6 Å². The lowest BCUT2D eigenvalue weighted by Crippen LogP contribution is -2.37. The number of nitriles is 1. The Kier molecular flexibility index (Phi) is 4.68. The van der Waals surface area contributed by atoms with Gasteiger partial charge >= 0.3 is 0 Å². The average Bonchev–Trinajstić information content (AvgIpc) is 2.97. The molecule has 1 aliphatic heterocycles. The molecule has 0 spiro atoms. The van der Waals surface area contributed by atoms with E-state index in [-0.39, 0.29) is 6.79 Å². The fourth-order valence-corrected chi connectivity index (χ4v) is 5.18. The van der Waals surface area contributed by atoms with Crippen molar-refractivity contribution >= 4 is 8.32 Å². The molecule has 0 unspecified atom stereocenters. The first kappa shape index (κ1) is 14.9. The molecule has 0 amide bonds. The molecular weight excluding hydrogens is 270 g/mol. The number of benzene rings is 1. The molecule has 108 valence electrons. The van der Waals surface area contributed by atoms with Crippen molar-refractivity contribution in [2.45, 2.75) is 45.0 Å². The van der Waals surface area contributed by atoms with E-state index >= 15 is 0 Å². The van der Waals surface area contributed by atoms with Crippen molar-refractivity contribution in [1.29, 1.82) is 5.26 Å². The maximum absolute atomic E-state index is 9.45. The molecule has 20 heavy (non-hydrogen) atoms. The van der Waals surface area contributed by atoms with Gasteiger partial charge in [0.15, 0.2) is 25.9 Å². The zero-order valence-corrected chi connectivity index (χ0v) is 13.3. The predicted octanol–water partition coefficient (Wildman–Crippen LogP) is 4.00. The molecule has 1 atom stereocenters. The minimum Gasteiger partial charge on any atom is -0.454 e. The molecule has 5 heteroatoms. The summed E-state index contributed by atoms with van der Waals surface area (Å²) in [5.41, 5.74) is 0.851. The van der Waals surface area contributed by atoms with Crippen LogP contribution in [0.5, 0.6) is 11.5 Å². The third-order valence-corrected chi connectivity index (χ3v) is 8.72. The number of fused-ring (bicyclic) bond motifs is 1. The van der Waals surface area contributed by atoms with Crippen LogP contribution in [0.2, 0.25) is 18.1 Å². The zero-order chi connectivity index (χ0) is 14.6. The van der Waals surface area contributed by atoms with Crippen molar-refractivity contribution in [2.24, 2.45) is 0 Å². The normalized spacial score (nSPS) is 14.9. The monoisotopic (exact) mass is 291 g/mol. The molecule has 2 rings (SSSR count). The van der Waals surface area contributed by atoms with Crippen LogP contribution in [0.4, 0.5) is 0 Å². The fraction of sp³-hybridized carbons (Fsp3) is 0.533. The first-order valence-corrected chi connectivity index (χ1v) is 9.68. The van der Waals surface area contributed by atoms with Crippen molar-refractivity contribution in [1.82, 2.24) is 0 Å². The molecule has 0 saturated carbocycles. The van der Waals surface area contributed by atoms with E-state index in [0.29, 0.717) is 5.75 Å². The van der Waals surface area contributed by atoms with Gasteiger partial charge in [0, 0.05) is 0 Å². The highest BCUT2D eigenvalue weighted by Gasteiger charge is 2.33. The number of ether oxygens (including phenoxy) is 2. The Hall–Kier alpha value is -1.51. The van der Waals surface area contributed by atoms with Crippen LogP contribution in [0.25, 0.3) is 0 Å². The van der Waals surface area contributed by atoms with Crippen molar-refractivity contribution in [3.63, 3.8) is 0 Å². The summed E-state index contributed by atoms with van der Waals surface area (Å²) < 4.78 is 16.9. The van der Waals surface area contributed by atoms with Gasteiger partial charge in [0.25, 0.3) is 0 Å². The molecule has 0 aliphatic carbocycles. The number of nitrogens with zero attached hydrogens (tertiary/aromatic N) is 1. The van der Waals surface area contributed by atoms with Gasteiger partial charge in [-0.05, 0) is 35.8 Å². The lowest BCUT2D eigenvalue weighted by Gasteiger charge is -2.30. The van der Waals surface area contributed by atoms with Gasteiger partial charge in [-0.25, -0.2) is 0 Å². The second-order valence-electron chi connectivity index (χ2n) is 4.98. The van der Waals surface area contributed by atoms with E-state index in [2.05, 4.69) is 26.8 Å². The quantitative estimate of drug-likeness (QED) is 0.743. The minimum absolute atomic E-state index is 0.244. The molecule has 1 aliphatic rings. The van der Waals surface area contributed by atoms with Gasteiger partial charge in [-0.2, -0.15) is 5.26 Å². The van der Waals surface area contributed by atoms with Gasteiger partial charge in [0.1, 0.15) is 0 Å². The van der Waals surface area contributed by atoms with Crippen LogP contribution in [0.15, 0.2) is 18.2 Å². The molecule has 0 N–H and O–H groups in total. The van der Waals surface area contributed by atoms with Gasteiger partial charge in [0.2, 0.25) is 6.79 Å². The maximum atomic E-state index is 9.45. The lowest BCUT2D eigenvalue weighted by atomic mass is 10.1. The number of rotatable bonds is 6. The molecule has 0 fully saturated rings. The topological polar surface area (TPSA) is 51.5 Å². The first-order valence-electron chi connectivity index (χ1n) is 7.15. The van der Waals surface area contributed by atoms with Crippen LogP contribution in [0.3, 0.4) is 0 Å². The molecule has 1 heterocycles. The second kappa shape index (κ2) is 6.29. The SMILES string of the molecule is CC[Si](CC)(CC)O[C@@H](C#N)c1ccc2c(c1)OCO2. The van der Waals surface area contributed by atoms with Crippen molar-refractivity contribution in [2.75, 3.05) is 6.79 Å². The van der Waals surface area contributed by atoms with Gasteiger partial charge in [0.05, 0.1) is 6.07 Å². The van der Waals surface area contributed by atoms with Gasteiger partial charge in [-0.1, -0.05) is 26.8 Å². The van der Waals surface area contributed by atoms with Crippen LogP contribution in [-0.2, 0) is 4.43 Å². The highest BCUT2D eigenvalue weighted by molar-refractivity contribution is 6.73. The standard InChI is InChI=1S/C15H21NO3Si/c1-4-20(5-2,6-3)19-15(10-16)12-7-8-13-14(9-12)18-11-17-13/h7-9,15H,4-6,11H2,1-3H3/t15-/m0/s1. The van der Waals surface area contributed by atoms with Crippen LogP contribution in [0, 0.1) is 11.3 Å². The van der Waals surface area contributed by atoms with Gasteiger partial charge in [-0.15, -0.1) is 0 Å². The summed E-state index contributed by atoms with van der Waals surface area (Å²) in [6.07, 6.45) is -0.518. The fourth-order valence-electron chi connectivity index (χ4n) is 2.50. The van der Waals surface area contributed by atoms with Crippen molar-refractivity contribution < 1.29 is 13.9 Å². The largest absolute Gasteiger partial charge is 0.454 e. The highest BCUT2D eigenvalue weighted by atomic mass is 28.4. The zero-order valence-electron chi connectivity index (χ0n) is 12.3. The molecule has 0 radical (unpaired) electrons. The lowest BCUT2D eigenvalue weighted by molar-refractivity contribution is 0.173. The molecule has 1 aromatic carbocycles. The van der Waals surface area contributed by atoms with E-state index in [9.17, 15) is 5.26 Å². The Balaban J connectivity index is 2.22. The van der Waals surface area contributed by atoms with Crippen LogP contribution in [0.1, 0.15) is 32.4 Å². The van der Waals surface area contributed by atoms with E-state index in [4.69, 9.17) is 13.9 Å². The summed E-state index contributed by atoms with van der Waals surface area (Å²) in [6, 6.07) is 11.0. The Morgan fingerprint density at radius 1 is 1.20 bits per heavy atom. The Bertz CT molecular complexity index is 500. The van der Waals surface area contributed by atoms with Crippen LogP contribution < -0.4 is 9.47 Å². The smallest absolute Gasteiger partial charge is 0.231 e. The number of hydrogen-bond donors (Lipinski definition) is 0. The first-order chi connectivity index (χ1) is 9.68. The average molecular weight is 291 g/mol. The summed E-state index contributed by atoms with van der Waals surface area (Å²) in [7, 11) is -1.80. The molecule has 1 aromatic rings. The molecule has 0 aromatic heterocycles. The van der Waals surface area contributed by atoms with Gasteiger partial charge < -0.3 is 13.9 Å². The summed E-state index contributed by atoms with van der Waals surface area (Å²) in [6.45, 7) is 6.72. The third-order valence-electron chi connectivity index (χ3n) is 4.12. The summed E-state index contributed by atoms with van der Waals surface area (Å²) in [5, 5.41) is 9.45. The third kappa shape index (κ3) is 2.81. The van der Waals surface area contributed by atoms with E-state index in [1.807, 2.05) is 18.2 Å². The Labute approximate surface area is 121 Å². The maximum Gasteiger partial charge on any atom is 0.231 e. The summed E-state index contributed by atoms with van der Waals surface area (Å²) in [4.78, 5) is 0. The van der Waals surface area contributed by atoms with Crippen molar-refractivity contribution in [3.05, 3.63) is 23.8 Å². The molecular formula is C15H21NO3Si. The Morgan fingerprint density at radius 2 is 1.85 bits per heavy atom. The minimum atomic E-state index is -1.80. The number of hydrogen-bond acceptors (Lipinski definition) is 4. The van der Waals surface area contributed by atoms with E-state index < -0.39 is 14.4 Å². The summed E-state index contributed by atoms with van der Waals surface area (Å²) in [5.74, 6) is 1.43. The van der Waals surface area contributed by atoms with E-state index in [0.717, 1.165) is 29.4 Å². The Morgan fingerprint density at radius 3 is 2.45 bits per heavy atom. The summed E-state index contributed by atoms with van der Waals surface area (Å²) >= 11 is 0. The second-order valence-corrected chi connectivity index (χ2v) is 9.71. The molecule has 4 nitrogen and oxygen atoms in total. The van der Waals surface area contributed by atoms with Crippen LogP contribution in [-0.4, -0.2) is 15.1 Å². The van der Waals surface area contributed by atoms with E-state index in [1.54, 1.807) is 0 Å². The van der Waals surface area contributed by atoms with Gasteiger partial charge in [-0.3, -0.25) is 0 Å². The highest BCUT2D eigenvalue weighted by Crippen LogP contribution is 2.36.